The van der Waals surface area contributed by atoms with Crippen LogP contribution in [-0.4, -0.2) is 42.6 Å². The number of nitrogen functional groups attached to an aromatic ring is 1. The number of pyridine rings is 1. The minimum Gasteiger partial charge on any atom is -0.392 e. The van der Waals surface area contributed by atoms with Gasteiger partial charge in [0.05, 0.1) is 23.4 Å². The number of hydrogen-bond acceptors (Lipinski definition) is 6. The lowest BCUT2D eigenvalue weighted by atomic mass is 9.99. The van der Waals surface area contributed by atoms with Gasteiger partial charge in [-0.15, -0.1) is 0 Å². The number of nitrogens with one attached hydrogen (secondary N) is 1. The van der Waals surface area contributed by atoms with Crippen molar-refractivity contribution in [2.45, 2.75) is 45.8 Å². The van der Waals surface area contributed by atoms with Crippen molar-refractivity contribution in [3.63, 3.8) is 0 Å². The van der Waals surface area contributed by atoms with Crippen LogP contribution in [0.2, 0.25) is 0 Å². The Balaban J connectivity index is 1.31. The number of halogens is 1. The molecule has 45 heavy (non-hydrogen) atoms. The van der Waals surface area contributed by atoms with Crippen molar-refractivity contribution in [1.29, 1.82) is 0 Å². The molecule has 0 radical (unpaired) electrons. The smallest absolute Gasteiger partial charge is 0.265 e. The normalized spacial score (nSPS) is 13.4. The van der Waals surface area contributed by atoms with Gasteiger partial charge in [-0.2, -0.15) is 4.98 Å². The summed E-state index contributed by atoms with van der Waals surface area (Å²) in [5.41, 5.74) is 12.3. The number of nitrogens with zero attached hydrogens (tertiary/aromatic N) is 4. The van der Waals surface area contributed by atoms with Gasteiger partial charge < -0.3 is 15.8 Å². The Morgan fingerprint density at radius 1 is 1.04 bits per heavy atom. The minimum atomic E-state index is -0.526. The summed E-state index contributed by atoms with van der Waals surface area (Å²) < 4.78 is 16.7. The van der Waals surface area contributed by atoms with E-state index in [4.69, 9.17) is 5.73 Å². The van der Waals surface area contributed by atoms with Crippen molar-refractivity contribution in [3.05, 3.63) is 106 Å². The molecular weight excluding hydrogens is 567 g/mol. The number of rotatable bonds is 9. The first-order valence-electron chi connectivity index (χ1n) is 15.4. The van der Waals surface area contributed by atoms with Crippen molar-refractivity contribution < 1.29 is 9.50 Å². The Labute approximate surface area is 260 Å². The lowest BCUT2D eigenvalue weighted by molar-refractivity contribution is 0.282. The number of aromatic nitrogens is 4. The summed E-state index contributed by atoms with van der Waals surface area (Å²) in [5.74, 6) is -0.0835. The van der Waals surface area contributed by atoms with Crippen molar-refractivity contribution >= 4 is 27.8 Å². The van der Waals surface area contributed by atoms with E-state index in [0.717, 1.165) is 54.7 Å². The van der Waals surface area contributed by atoms with E-state index in [1.165, 1.54) is 16.2 Å². The fourth-order valence-corrected chi connectivity index (χ4v) is 6.26. The standard InChI is InChI=1S/C36H35FN6O2/c1-3-42(4-2)19-21-8-10-23(11-9-21)30-18-27-33(40-36(38)41-34(27)39-30)26-6-5-7-31(28(26)20-44)43-15-14-24-16-25(22-12-13-22)17-29(37)32(24)35(43)45/h5-11,14-18,22,44H,3-4,12-13,19-20H2,1-2H3,(H3,38,39,40,41). The number of aliphatic hydroxyl groups excluding tert-OH is 1. The van der Waals surface area contributed by atoms with Crippen LogP contribution in [0.1, 0.15) is 49.3 Å². The van der Waals surface area contributed by atoms with Crippen LogP contribution < -0.4 is 11.3 Å². The number of aliphatic hydroxyl groups is 1. The number of fused-ring (bicyclic) bond motifs is 2. The van der Waals surface area contributed by atoms with Crippen LogP contribution in [0, 0.1) is 5.82 Å². The van der Waals surface area contributed by atoms with Crippen molar-refractivity contribution in [2.75, 3.05) is 18.8 Å². The van der Waals surface area contributed by atoms with Crippen molar-refractivity contribution in [2.24, 2.45) is 0 Å². The fourth-order valence-electron chi connectivity index (χ4n) is 6.26. The predicted octanol–water partition coefficient (Wildman–Crippen LogP) is 6.53. The number of benzene rings is 3. The van der Waals surface area contributed by atoms with Crippen LogP contribution >= 0.6 is 0 Å². The molecule has 1 fully saturated rings. The summed E-state index contributed by atoms with van der Waals surface area (Å²) >= 11 is 0. The average molecular weight is 603 g/mol. The van der Waals surface area contributed by atoms with Crippen LogP contribution in [-0.2, 0) is 13.2 Å². The zero-order chi connectivity index (χ0) is 31.2. The van der Waals surface area contributed by atoms with Gasteiger partial charge in [0.15, 0.2) is 0 Å². The van der Waals surface area contributed by atoms with E-state index < -0.39 is 11.4 Å². The average Bonchev–Trinajstić information content (AvgIpc) is 3.82. The highest BCUT2D eigenvalue weighted by molar-refractivity contribution is 5.96. The first kappa shape index (κ1) is 28.9. The molecular formula is C36H35FN6O2. The van der Waals surface area contributed by atoms with E-state index in [1.807, 2.05) is 18.2 Å². The molecule has 0 saturated heterocycles. The Morgan fingerprint density at radius 3 is 2.53 bits per heavy atom. The fraction of sp³-hybridized carbons (Fsp3) is 0.250. The minimum absolute atomic E-state index is 0.0308. The lowest BCUT2D eigenvalue weighted by Gasteiger charge is -2.17. The third kappa shape index (κ3) is 5.28. The maximum Gasteiger partial charge on any atom is 0.265 e. The van der Waals surface area contributed by atoms with E-state index >= 15 is 4.39 Å². The van der Waals surface area contributed by atoms with Gasteiger partial charge in [-0.25, -0.2) is 9.37 Å². The Hall–Kier alpha value is -4.86. The van der Waals surface area contributed by atoms with Gasteiger partial charge in [0.1, 0.15) is 11.5 Å². The van der Waals surface area contributed by atoms with Gasteiger partial charge >= 0.3 is 0 Å². The van der Waals surface area contributed by atoms with Crippen molar-refractivity contribution in [1.82, 2.24) is 24.4 Å². The van der Waals surface area contributed by atoms with E-state index in [1.54, 1.807) is 24.4 Å². The summed E-state index contributed by atoms with van der Waals surface area (Å²) in [6, 6.07) is 20.9. The topological polar surface area (TPSA) is 113 Å². The number of anilines is 1. The largest absolute Gasteiger partial charge is 0.392 e. The summed E-state index contributed by atoms with van der Waals surface area (Å²) in [6.07, 6.45) is 3.73. The molecule has 7 rings (SSSR count). The first-order valence-corrected chi connectivity index (χ1v) is 15.4. The quantitative estimate of drug-likeness (QED) is 0.174. The molecule has 1 aliphatic rings. The van der Waals surface area contributed by atoms with Gasteiger partial charge in [-0.05, 0) is 78.2 Å². The van der Waals surface area contributed by atoms with Crippen LogP contribution in [0.4, 0.5) is 10.3 Å². The third-order valence-corrected chi connectivity index (χ3v) is 8.92. The van der Waals surface area contributed by atoms with Crippen LogP contribution in [0.3, 0.4) is 0 Å². The summed E-state index contributed by atoms with van der Waals surface area (Å²) in [6.45, 7) is 6.82. The molecule has 3 heterocycles. The second-order valence-corrected chi connectivity index (χ2v) is 11.7. The van der Waals surface area contributed by atoms with Gasteiger partial charge in [0, 0.05) is 34.9 Å². The first-order chi connectivity index (χ1) is 21.9. The molecule has 8 nitrogen and oxygen atoms in total. The molecule has 6 aromatic rings. The Bertz CT molecular complexity index is 2110. The van der Waals surface area contributed by atoms with Crippen LogP contribution in [0.25, 0.3) is 50.0 Å². The Kier molecular flexibility index (Phi) is 7.43. The number of aromatic amines is 1. The monoisotopic (exact) mass is 602 g/mol. The van der Waals surface area contributed by atoms with E-state index in [9.17, 15) is 9.90 Å². The van der Waals surface area contributed by atoms with Gasteiger partial charge in [-0.3, -0.25) is 14.3 Å². The molecule has 0 atom stereocenters. The van der Waals surface area contributed by atoms with E-state index in [0.29, 0.717) is 39.5 Å². The number of hydrogen-bond donors (Lipinski definition) is 3. The third-order valence-electron chi connectivity index (χ3n) is 8.92. The van der Waals surface area contributed by atoms with Gasteiger partial charge in [0.2, 0.25) is 5.95 Å². The van der Waals surface area contributed by atoms with E-state index in [2.05, 4.69) is 58.0 Å². The Morgan fingerprint density at radius 2 is 1.82 bits per heavy atom. The van der Waals surface area contributed by atoms with Crippen LogP contribution in [0.5, 0.6) is 0 Å². The second kappa shape index (κ2) is 11.6. The molecule has 3 aromatic carbocycles. The second-order valence-electron chi connectivity index (χ2n) is 11.7. The highest BCUT2D eigenvalue weighted by Crippen LogP contribution is 2.41. The summed E-state index contributed by atoms with van der Waals surface area (Å²) in [5, 5.41) is 12.0. The maximum atomic E-state index is 15.3. The van der Waals surface area contributed by atoms with E-state index in [-0.39, 0.29) is 17.9 Å². The molecule has 0 unspecified atom stereocenters. The maximum absolute atomic E-state index is 15.3. The molecule has 228 valence electrons. The molecule has 9 heteroatoms. The zero-order valence-corrected chi connectivity index (χ0v) is 25.3. The highest BCUT2D eigenvalue weighted by Gasteiger charge is 2.25. The predicted molar refractivity (Wildman–Crippen MR) is 177 cm³/mol. The number of H-pyrrole nitrogens is 1. The zero-order valence-electron chi connectivity index (χ0n) is 25.3. The lowest BCUT2D eigenvalue weighted by Crippen LogP contribution is -2.21. The number of nitrogens with two attached hydrogens (primary N) is 1. The molecule has 4 N–H and O–H groups in total. The molecule has 0 spiro atoms. The van der Waals surface area contributed by atoms with Crippen molar-refractivity contribution in [3.8, 4) is 28.2 Å². The summed E-state index contributed by atoms with van der Waals surface area (Å²) in [7, 11) is 0. The molecule has 0 aliphatic heterocycles. The summed E-state index contributed by atoms with van der Waals surface area (Å²) in [4.78, 5) is 28.5. The van der Waals surface area contributed by atoms with Crippen LogP contribution in [0.15, 0.2) is 77.7 Å². The van der Waals surface area contributed by atoms with Gasteiger partial charge in [0.25, 0.3) is 5.56 Å². The molecule has 1 aliphatic carbocycles. The molecule has 0 bridgehead atoms. The molecule has 1 saturated carbocycles. The van der Waals surface area contributed by atoms with Gasteiger partial charge in [-0.1, -0.05) is 56.3 Å². The molecule has 3 aromatic heterocycles. The highest BCUT2D eigenvalue weighted by atomic mass is 19.1. The molecule has 0 amide bonds. The SMILES string of the molecule is CCN(CC)Cc1ccc(-c2cc3c(-c4cccc(-n5ccc6cc(C7CC7)cc(F)c6c5=O)c4CO)nc(N)nc3[nH]2)cc1.